The first-order valence-electron chi connectivity index (χ1n) is 4.93. The molecule has 0 fully saturated rings. The number of sulfone groups is 1. The predicted molar refractivity (Wildman–Crippen MR) is 59.5 cm³/mol. The molecule has 0 saturated heterocycles. The fourth-order valence-corrected chi connectivity index (χ4v) is 2.86. The summed E-state index contributed by atoms with van der Waals surface area (Å²) in [6.07, 6.45) is 3.89. The minimum atomic E-state index is -3.22. The number of aliphatic carboxylic acids is 1. The zero-order valence-electron chi connectivity index (χ0n) is 8.98. The number of carbonyl (C=O) groups is 1. The number of carboxylic acid groups (broad SMARTS) is 1. The van der Waals surface area contributed by atoms with Gasteiger partial charge in [0, 0.05) is 0 Å². The molecule has 4 nitrogen and oxygen atoms in total. The molecule has 0 rings (SSSR count). The highest BCUT2D eigenvalue weighted by molar-refractivity contribution is 7.91. The first kappa shape index (κ1) is 14.2. The second kappa shape index (κ2) is 6.61. The lowest BCUT2D eigenvalue weighted by Crippen LogP contribution is -2.22. The van der Waals surface area contributed by atoms with Crippen molar-refractivity contribution >= 4 is 15.8 Å². The van der Waals surface area contributed by atoms with E-state index in [2.05, 4.69) is 6.58 Å². The third-order valence-electron chi connectivity index (χ3n) is 2.04. The van der Waals surface area contributed by atoms with E-state index in [1.54, 1.807) is 6.08 Å². The Bertz CT molecular complexity index is 305. The molecule has 0 spiro atoms. The fourth-order valence-electron chi connectivity index (χ4n) is 1.15. The summed E-state index contributed by atoms with van der Waals surface area (Å²) in [5, 5.41) is 8.58. The van der Waals surface area contributed by atoms with Crippen molar-refractivity contribution in [1.29, 1.82) is 0 Å². The van der Waals surface area contributed by atoms with Gasteiger partial charge in [0.15, 0.2) is 9.84 Å². The summed E-state index contributed by atoms with van der Waals surface area (Å²) >= 11 is 0. The van der Waals surface area contributed by atoms with Gasteiger partial charge in [0.25, 0.3) is 0 Å². The van der Waals surface area contributed by atoms with Gasteiger partial charge in [-0.05, 0) is 19.3 Å². The van der Waals surface area contributed by atoms with Crippen LogP contribution in [0.25, 0.3) is 0 Å². The molecule has 5 heteroatoms. The number of allylic oxidation sites excluding steroid dienone is 1. The lowest BCUT2D eigenvalue weighted by molar-refractivity contribution is -0.140. The van der Waals surface area contributed by atoms with Crippen LogP contribution in [0.3, 0.4) is 0 Å². The maximum atomic E-state index is 11.4. The summed E-state index contributed by atoms with van der Waals surface area (Å²) in [4.78, 5) is 10.5. The molecular formula is C10H18O4S. The van der Waals surface area contributed by atoms with Gasteiger partial charge in [0.1, 0.15) is 0 Å². The Hall–Kier alpha value is -0.840. The highest BCUT2D eigenvalue weighted by atomic mass is 32.2. The summed E-state index contributed by atoms with van der Waals surface area (Å²) in [5.41, 5.74) is 0. The van der Waals surface area contributed by atoms with Crippen LogP contribution in [0.2, 0.25) is 0 Å². The van der Waals surface area contributed by atoms with Crippen molar-refractivity contribution in [2.24, 2.45) is 5.92 Å². The lowest BCUT2D eigenvalue weighted by atomic mass is 10.2. The van der Waals surface area contributed by atoms with Crippen LogP contribution in [0.1, 0.15) is 26.2 Å². The van der Waals surface area contributed by atoms with E-state index in [9.17, 15) is 13.2 Å². The van der Waals surface area contributed by atoms with Crippen molar-refractivity contribution in [3.63, 3.8) is 0 Å². The molecule has 1 unspecified atom stereocenters. The van der Waals surface area contributed by atoms with Crippen molar-refractivity contribution in [3.05, 3.63) is 12.7 Å². The van der Waals surface area contributed by atoms with Crippen molar-refractivity contribution in [1.82, 2.24) is 0 Å². The fraction of sp³-hybridized carbons (Fsp3) is 0.700. The van der Waals surface area contributed by atoms with Crippen LogP contribution in [0.4, 0.5) is 0 Å². The average Bonchev–Trinajstić information content (AvgIpc) is 2.11. The summed E-state index contributed by atoms with van der Waals surface area (Å²) in [6.45, 7) is 4.95. The maximum absolute atomic E-state index is 11.4. The van der Waals surface area contributed by atoms with Gasteiger partial charge in [-0.15, -0.1) is 6.58 Å². The molecule has 0 aromatic carbocycles. The zero-order chi connectivity index (χ0) is 11.9. The molecule has 0 aliphatic heterocycles. The Kier molecular flexibility index (Phi) is 6.24. The Labute approximate surface area is 90.9 Å². The van der Waals surface area contributed by atoms with Crippen molar-refractivity contribution in [3.8, 4) is 0 Å². The maximum Gasteiger partial charge on any atom is 0.307 e. The summed E-state index contributed by atoms with van der Waals surface area (Å²) in [7, 11) is -3.22. The zero-order valence-corrected chi connectivity index (χ0v) is 9.79. The largest absolute Gasteiger partial charge is 0.481 e. The summed E-state index contributed by atoms with van der Waals surface area (Å²) in [6, 6.07) is 0. The predicted octanol–water partition coefficient (Wildman–Crippen LogP) is 1.48. The van der Waals surface area contributed by atoms with Gasteiger partial charge < -0.3 is 5.11 Å². The van der Waals surface area contributed by atoms with E-state index < -0.39 is 21.7 Å². The summed E-state index contributed by atoms with van der Waals surface area (Å²) < 4.78 is 22.8. The minimum Gasteiger partial charge on any atom is -0.481 e. The quantitative estimate of drug-likeness (QED) is 0.510. The molecule has 0 aromatic rings. The average molecular weight is 234 g/mol. The van der Waals surface area contributed by atoms with Crippen molar-refractivity contribution < 1.29 is 18.3 Å². The molecule has 0 heterocycles. The van der Waals surface area contributed by atoms with E-state index in [1.807, 2.05) is 0 Å². The van der Waals surface area contributed by atoms with Gasteiger partial charge in [-0.3, -0.25) is 4.79 Å². The van der Waals surface area contributed by atoms with E-state index in [0.29, 0.717) is 6.42 Å². The molecule has 0 aliphatic carbocycles. The van der Waals surface area contributed by atoms with E-state index >= 15 is 0 Å². The van der Waals surface area contributed by atoms with Gasteiger partial charge in [-0.25, -0.2) is 8.42 Å². The molecule has 0 amide bonds. The van der Waals surface area contributed by atoms with Crippen LogP contribution in [0.15, 0.2) is 12.7 Å². The van der Waals surface area contributed by atoms with E-state index in [4.69, 9.17) is 5.11 Å². The minimum absolute atomic E-state index is 0.0679. The second-order valence-electron chi connectivity index (χ2n) is 3.64. The first-order chi connectivity index (χ1) is 6.89. The highest BCUT2D eigenvalue weighted by Crippen LogP contribution is 2.06. The standard InChI is InChI=1S/C10H18O4S/c1-3-4-5-6-7-15(13,14)8-9(2)10(11)12/h3,9H,1,4-8H2,2H3,(H,11,12). The normalized spacial score (nSPS) is 13.4. The smallest absolute Gasteiger partial charge is 0.307 e. The Morgan fingerprint density at radius 3 is 2.53 bits per heavy atom. The number of unbranched alkanes of at least 4 members (excludes halogenated alkanes) is 2. The van der Waals surface area contributed by atoms with Gasteiger partial charge in [-0.2, -0.15) is 0 Å². The first-order valence-corrected chi connectivity index (χ1v) is 6.75. The van der Waals surface area contributed by atoms with Crippen LogP contribution >= 0.6 is 0 Å². The van der Waals surface area contributed by atoms with Gasteiger partial charge in [0.05, 0.1) is 17.4 Å². The lowest BCUT2D eigenvalue weighted by Gasteiger charge is -2.07. The van der Waals surface area contributed by atoms with E-state index in [1.165, 1.54) is 6.92 Å². The topological polar surface area (TPSA) is 71.4 Å². The summed E-state index contributed by atoms with van der Waals surface area (Å²) in [5.74, 6) is -2.09. The number of hydrogen-bond donors (Lipinski definition) is 1. The molecule has 1 atom stereocenters. The van der Waals surface area contributed by atoms with Gasteiger partial charge >= 0.3 is 5.97 Å². The molecule has 0 radical (unpaired) electrons. The molecule has 0 saturated carbocycles. The third kappa shape index (κ3) is 7.13. The Balaban J connectivity index is 3.97. The Morgan fingerprint density at radius 2 is 2.07 bits per heavy atom. The number of carboxylic acids is 1. The number of rotatable bonds is 8. The van der Waals surface area contributed by atoms with Crippen LogP contribution in [-0.2, 0) is 14.6 Å². The molecule has 0 aliphatic rings. The highest BCUT2D eigenvalue weighted by Gasteiger charge is 2.20. The van der Waals surface area contributed by atoms with Gasteiger partial charge in [-0.1, -0.05) is 13.0 Å². The number of hydrogen-bond acceptors (Lipinski definition) is 3. The third-order valence-corrected chi connectivity index (χ3v) is 3.96. The molecule has 15 heavy (non-hydrogen) atoms. The molecular weight excluding hydrogens is 216 g/mol. The molecule has 1 N–H and O–H groups in total. The monoisotopic (exact) mass is 234 g/mol. The van der Waals surface area contributed by atoms with Crippen LogP contribution in [-0.4, -0.2) is 31.0 Å². The Morgan fingerprint density at radius 1 is 1.47 bits per heavy atom. The molecule has 88 valence electrons. The van der Waals surface area contributed by atoms with Crippen molar-refractivity contribution in [2.45, 2.75) is 26.2 Å². The van der Waals surface area contributed by atoms with Gasteiger partial charge in [0.2, 0.25) is 0 Å². The SMILES string of the molecule is C=CCCCCS(=O)(=O)CC(C)C(=O)O. The van der Waals surface area contributed by atoms with E-state index in [-0.39, 0.29) is 11.5 Å². The van der Waals surface area contributed by atoms with E-state index in [0.717, 1.165) is 12.8 Å². The van der Waals surface area contributed by atoms with Crippen LogP contribution < -0.4 is 0 Å². The second-order valence-corrected chi connectivity index (χ2v) is 5.87. The molecule has 0 aromatic heterocycles. The van der Waals surface area contributed by atoms with Crippen LogP contribution in [0, 0.1) is 5.92 Å². The molecule has 0 bridgehead atoms. The van der Waals surface area contributed by atoms with Crippen molar-refractivity contribution in [2.75, 3.05) is 11.5 Å². The van der Waals surface area contributed by atoms with Crippen LogP contribution in [0.5, 0.6) is 0 Å².